The topological polar surface area (TPSA) is 49.8 Å². The molecule has 3 aromatic rings. The van der Waals surface area contributed by atoms with Crippen molar-refractivity contribution in [1.29, 1.82) is 0 Å². The molecule has 0 spiro atoms. The minimum absolute atomic E-state index is 0.208. The third-order valence-electron chi connectivity index (χ3n) is 5.08. The lowest BCUT2D eigenvalue weighted by Gasteiger charge is -2.28. The van der Waals surface area contributed by atoms with Crippen LogP contribution in [0.4, 0.5) is 0 Å². The van der Waals surface area contributed by atoms with Crippen molar-refractivity contribution in [2.75, 3.05) is 7.11 Å². The average molecular weight is 450 g/mol. The van der Waals surface area contributed by atoms with Gasteiger partial charge in [-0.25, -0.2) is 0 Å². The molecule has 1 amide bonds. The number of carbonyl (C=O) groups excluding carboxylic acids is 1. The molecule has 4 rings (SSSR count). The summed E-state index contributed by atoms with van der Waals surface area (Å²) in [6, 6.07) is 24.6. The molecular formula is C24H20BrNO3. The van der Waals surface area contributed by atoms with E-state index in [1.807, 2.05) is 78.9 Å². The molecule has 0 aromatic heterocycles. The summed E-state index contributed by atoms with van der Waals surface area (Å²) in [4.78, 5) is 14.8. The molecule has 1 unspecified atom stereocenters. The lowest BCUT2D eigenvalue weighted by molar-refractivity contribution is -0.130. The number of methoxy groups -OCH3 is 1. The first-order chi connectivity index (χ1) is 14.1. The summed E-state index contributed by atoms with van der Waals surface area (Å²) >= 11 is 3.62. The molecule has 1 aliphatic heterocycles. The number of rotatable bonds is 5. The molecule has 3 aromatic carbocycles. The largest absolute Gasteiger partial charge is 0.503 e. The van der Waals surface area contributed by atoms with Crippen molar-refractivity contribution in [3.8, 4) is 5.75 Å². The fraction of sp³-hybridized carbons (Fsp3) is 0.125. The van der Waals surface area contributed by atoms with Crippen molar-refractivity contribution in [2.24, 2.45) is 0 Å². The van der Waals surface area contributed by atoms with Crippen molar-refractivity contribution >= 4 is 27.4 Å². The number of halogens is 1. The molecule has 0 bridgehead atoms. The Balaban J connectivity index is 1.82. The highest BCUT2D eigenvalue weighted by atomic mass is 79.9. The molecule has 29 heavy (non-hydrogen) atoms. The first kappa shape index (κ1) is 19.3. The molecule has 0 aliphatic carbocycles. The molecule has 5 heteroatoms. The van der Waals surface area contributed by atoms with Gasteiger partial charge in [-0.15, -0.1) is 0 Å². The summed E-state index contributed by atoms with van der Waals surface area (Å²) in [5.41, 5.74) is 3.29. The van der Waals surface area contributed by atoms with Crippen LogP contribution >= 0.6 is 15.9 Å². The van der Waals surface area contributed by atoms with E-state index in [2.05, 4.69) is 15.9 Å². The van der Waals surface area contributed by atoms with E-state index in [1.165, 1.54) is 0 Å². The number of carbonyl (C=O) groups is 1. The zero-order valence-electron chi connectivity index (χ0n) is 15.9. The number of aliphatic hydroxyl groups is 1. The monoisotopic (exact) mass is 449 g/mol. The standard InChI is InChI=1S/C24H20BrNO3/c1-29-18-11-7-8-16(14-18)15-26-22(19-12-5-6-13-20(19)25)21(23(27)24(26)28)17-9-3-2-4-10-17/h2-14,22,27H,15H2,1H3. The molecule has 1 heterocycles. The van der Waals surface area contributed by atoms with Crippen LogP contribution in [0.5, 0.6) is 5.75 Å². The minimum Gasteiger partial charge on any atom is -0.503 e. The van der Waals surface area contributed by atoms with Crippen molar-refractivity contribution in [3.63, 3.8) is 0 Å². The number of ether oxygens (including phenoxy) is 1. The maximum Gasteiger partial charge on any atom is 0.290 e. The zero-order chi connectivity index (χ0) is 20.4. The first-order valence-electron chi connectivity index (χ1n) is 9.27. The Hall–Kier alpha value is -3.05. The third kappa shape index (κ3) is 3.66. The number of aliphatic hydroxyl groups excluding tert-OH is 1. The van der Waals surface area contributed by atoms with Crippen LogP contribution in [0.2, 0.25) is 0 Å². The van der Waals surface area contributed by atoms with Gasteiger partial charge in [0.05, 0.1) is 13.2 Å². The molecule has 0 fully saturated rings. The van der Waals surface area contributed by atoms with Gasteiger partial charge in [0.1, 0.15) is 5.75 Å². The molecular weight excluding hydrogens is 430 g/mol. The van der Waals surface area contributed by atoms with E-state index in [0.717, 1.165) is 26.9 Å². The van der Waals surface area contributed by atoms with Gasteiger partial charge in [0.2, 0.25) is 0 Å². The zero-order valence-corrected chi connectivity index (χ0v) is 17.5. The number of benzene rings is 3. The van der Waals surface area contributed by atoms with Crippen LogP contribution in [0, 0.1) is 0 Å². The second-order valence-electron chi connectivity index (χ2n) is 6.84. The smallest absolute Gasteiger partial charge is 0.290 e. The highest BCUT2D eigenvalue weighted by Gasteiger charge is 2.41. The summed E-state index contributed by atoms with van der Waals surface area (Å²) in [6.45, 7) is 0.350. The Labute approximate surface area is 178 Å². The van der Waals surface area contributed by atoms with Gasteiger partial charge in [-0.3, -0.25) is 4.79 Å². The van der Waals surface area contributed by atoms with Crippen LogP contribution in [0.25, 0.3) is 5.57 Å². The lowest BCUT2D eigenvalue weighted by atomic mass is 9.93. The molecule has 1 aliphatic rings. The number of hydrogen-bond donors (Lipinski definition) is 1. The average Bonchev–Trinajstić information content (AvgIpc) is 2.99. The molecule has 1 N–H and O–H groups in total. The van der Waals surface area contributed by atoms with Gasteiger partial charge in [0.15, 0.2) is 5.76 Å². The normalized spacial score (nSPS) is 16.4. The Morgan fingerprint density at radius 2 is 1.72 bits per heavy atom. The summed E-state index contributed by atoms with van der Waals surface area (Å²) < 4.78 is 6.20. The quantitative estimate of drug-likeness (QED) is 0.558. The Kier molecular flexibility index (Phi) is 5.41. The molecule has 4 nitrogen and oxygen atoms in total. The van der Waals surface area contributed by atoms with Gasteiger partial charge in [-0.2, -0.15) is 0 Å². The molecule has 1 atom stereocenters. The van der Waals surface area contributed by atoms with Crippen molar-refractivity contribution in [1.82, 2.24) is 4.90 Å². The number of nitrogens with zero attached hydrogens (tertiary/aromatic N) is 1. The van der Waals surface area contributed by atoms with Gasteiger partial charge in [0, 0.05) is 16.6 Å². The first-order valence-corrected chi connectivity index (χ1v) is 10.1. The maximum absolute atomic E-state index is 13.1. The summed E-state index contributed by atoms with van der Waals surface area (Å²) in [5.74, 6) is 0.138. The van der Waals surface area contributed by atoms with Crippen LogP contribution in [0.3, 0.4) is 0 Å². The molecule has 0 saturated carbocycles. The number of amides is 1. The van der Waals surface area contributed by atoms with Crippen molar-refractivity contribution in [2.45, 2.75) is 12.6 Å². The van der Waals surface area contributed by atoms with Crippen LogP contribution < -0.4 is 4.74 Å². The van der Waals surface area contributed by atoms with E-state index in [-0.39, 0.29) is 11.7 Å². The summed E-state index contributed by atoms with van der Waals surface area (Å²) in [6.07, 6.45) is 0. The van der Waals surface area contributed by atoms with E-state index in [0.29, 0.717) is 12.1 Å². The minimum atomic E-state index is -0.410. The van der Waals surface area contributed by atoms with E-state index < -0.39 is 6.04 Å². The predicted molar refractivity (Wildman–Crippen MR) is 116 cm³/mol. The van der Waals surface area contributed by atoms with Gasteiger partial charge in [0.25, 0.3) is 5.91 Å². The lowest BCUT2D eigenvalue weighted by Crippen LogP contribution is -2.30. The van der Waals surface area contributed by atoms with Gasteiger partial charge >= 0.3 is 0 Å². The van der Waals surface area contributed by atoms with Crippen molar-refractivity contribution < 1.29 is 14.6 Å². The maximum atomic E-state index is 13.1. The molecule has 0 saturated heterocycles. The molecule has 0 radical (unpaired) electrons. The van der Waals surface area contributed by atoms with Crippen molar-refractivity contribution in [3.05, 3.63) is 106 Å². The molecule has 146 valence electrons. The van der Waals surface area contributed by atoms with Gasteiger partial charge in [-0.05, 0) is 34.9 Å². The third-order valence-corrected chi connectivity index (χ3v) is 5.80. The fourth-order valence-electron chi connectivity index (χ4n) is 3.72. The predicted octanol–water partition coefficient (Wildman–Crippen LogP) is 5.51. The van der Waals surface area contributed by atoms with Gasteiger partial charge < -0.3 is 14.7 Å². The highest BCUT2D eigenvalue weighted by molar-refractivity contribution is 9.10. The Bertz CT molecular complexity index is 1080. The fourth-order valence-corrected chi connectivity index (χ4v) is 4.22. The van der Waals surface area contributed by atoms with Crippen LogP contribution in [-0.4, -0.2) is 23.0 Å². The number of hydrogen-bond acceptors (Lipinski definition) is 3. The summed E-state index contributed by atoms with van der Waals surface area (Å²) in [5, 5.41) is 10.8. The van der Waals surface area contributed by atoms with Crippen LogP contribution in [-0.2, 0) is 11.3 Å². The van der Waals surface area contributed by atoms with E-state index in [4.69, 9.17) is 4.74 Å². The van der Waals surface area contributed by atoms with E-state index in [1.54, 1.807) is 12.0 Å². The van der Waals surface area contributed by atoms with E-state index >= 15 is 0 Å². The second-order valence-corrected chi connectivity index (χ2v) is 7.69. The SMILES string of the molecule is COc1cccc(CN2C(=O)C(O)=C(c3ccccc3)C2c2ccccc2Br)c1. The Morgan fingerprint density at radius 1 is 1.00 bits per heavy atom. The van der Waals surface area contributed by atoms with E-state index in [9.17, 15) is 9.90 Å². The van der Waals surface area contributed by atoms with Crippen LogP contribution in [0.1, 0.15) is 22.7 Å². The Morgan fingerprint density at radius 3 is 2.45 bits per heavy atom. The van der Waals surface area contributed by atoms with Gasteiger partial charge in [-0.1, -0.05) is 76.6 Å². The summed E-state index contributed by atoms with van der Waals surface area (Å²) in [7, 11) is 1.62. The highest BCUT2D eigenvalue weighted by Crippen LogP contribution is 2.45. The second kappa shape index (κ2) is 8.13. The van der Waals surface area contributed by atoms with Crippen LogP contribution in [0.15, 0.2) is 89.1 Å².